The number of carbonyl (C=O) groups is 1. The van der Waals surface area contributed by atoms with Crippen LogP contribution in [0, 0.1) is 0 Å². The maximum Gasteiger partial charge on any atom is 0.340 e. The van der Waals surface area contributed by atoms with Crippen molar-refractivity contribution in [1.82, 2.24) is 0 Å². The van der Waals surface area contributed by atoms with E-state index in [2.05, 4.69) is 46.6 Å². The van der Waals surface area contributed by atoms with E-state index in [9.17, 15) is 4.79 Å². The lowest BCUT2D eigenvalue weighted by atomic mass is 10.2. The lowest BCUT2D eigenvalue weighted by Gasteiger charge is -2.09. The Bertz CT molecular complexity index is 501. The molecule has 0 atom stereocenters. The molecular weight excluding hydrogens is 365 g/mol. The third-order valence-electron chi connectivity index (χ3n) is 1.68. The van der Waals surface area contributed by atoms with Crippen LogP contribution in [0.2, 0.25) is 5.02 Å². The molecule has 0 radical (unpaired) electrons. The predicted molar refractivity (Wildman–Crippen MR) is 67.0 cm³/mol. The van der Waals surface area contributed by atoms with E-state index < -0.39 is 5.97 Å². The molecule has 0 aromatic heterocycles. The second-order valence-electron chi connectivity index (χ2n) is 2.56. The van der Waals surface area contributed by atoms with E-state index in [1.165, 1.54) is 13.2 Å². The fourth-order valence-electron chi connectivity index (χ4n) is 1.01. The van der Waals surface area contributed by atoms with Gasteiger partial charge in [0.25, 0.3) is 0 Å². The van der Waals surface area contributed by atoms with Crippen LogP contribution >= 0.6 is 43.5 Å². The van der Waals surface area contributed by atoms with Crippen LogP contribution in [0.15, 0.2) is 20.1 Å². The minimum atomic E-state index is -0.565. The van der Waals surface area contributed by atoms with E-state index in [1.54, 1.807) is 0 Å². The van der Waals surface area contributed by atoms with E-state index in [4.69, 9.17) is 17.1 Å². The van der Waals surface area contributed by atoms with Gasteiger partial charge in [-0.25, -0.2) is 4.79 Å². The highest BCUT2D eigenvalue weighted by Crippen LogP contribution is 2.40. The SMILES string of the molecule is COC(=O)c1c(Br)cc(Cl)c(N=[N+]=[N-])c1Br. The van der Waals surface area contributed by atoms with Crippen LogP contribution in [0.4, 0.5) is 5.69 Å². The van der Waals surface area contributed by atoms with Crippen molar-refractivity contribution in [2.24, 2.45) is 5.11 Å². The largest absolute Gasteiger partial charge is 0.465 e. The van der Waals surface area contributed by atoms with Crippen LogP contribution < -0.4 is 0 Å². The fourth-order valence-corrected chi connectivity index (χ4v) is 3.02. The Morgan fingerprint density at radius 3 is 2.75 bits per heavy atom. The molecule has 0 unspecified atom stereocenters. The maximum absolute atomic E-state index is 11.5. The molecule has 0 saturated heterocycles. The number of ether oxygens (including phenoxy) is 1. The predicted octanol–water partition coefficient (Wildman–Crippen LogP) is 4.59. The molecular formula is C8H4Br2ClN3O2. The Morgan fingerprint density at radius 2 is 2.25 bits per heavy atom. The number of azide groups is 1. The quantitative estimate of drug-likeness (QED) is 0.331. The monoisotopic (exact) mass is 367 g/mol. The van der Waals surface area contributed by atoms with Gasteiger partial charge >= 0.3 is 5.97 Å². The number of methoxy groups -OCH3 is 1. The average Bonchev–Trinajstić information content (AvgIpc) is 2.23. The van der Waals surface area contributed by atoms with E-state index >= 15 is 0 Å². The van der Waals surface area contributed by atoms with Gasteiger partial charge in [-0.15, -0.1) is 0 Å². The zero-order valence-corrected chi connectivity index (χ0v) is 11.8. The second-order valence-corrected chi connectivity index (χ2v) is 4.61. The lowest BCUT2D eigenvalue weighted by Crippen LogP contribution is -2.03. The van der Waals surface area contributed by atoms with Gasteiger partial charge < -0.3 is 4.74 Å². The normalized spacial score (nSPS) is 9.50. The van der Waals surface area contributed by atoms with Crippen molar-refractivity contribution in [2.75, 3.05) is 7.11 Å². The van der Waals surface area contributed by atoms with Crippen LogP contribution in [0.1, 0.15) is 10.4 Å². The number of carbonyl (C=O) groups excluding carboxylic acids is 1. The van der Waals surface area contributed by atoms with E-state index in [0.29, 0.717) is 4.47 Å². The molecule has 0 fully saturated rings. The Hall–Kier alpha value is -0.750. The fraction of sp³-hybridized carbons (Fsp3) is 0.125. The van der Waals surface area contributed by atoms with Gasteiger partial charge in [0, 0.05) is 13.9 Å². The van der Waals surface area contributed by atoms with Crippen molar-refractivity contribution in [3.63, 3.8) is 0 Å². The van der Waals surface area contributed by atoms with Gasteiger partial charge in [-0.05, 0) is 43.5 Å². The lowest BCUT2D eigenvalue weighted by molar-refractivity contribution is 0.0598. The summed E-state index contributed by atoms with van der Waals surface area (Å²) in [6.45, 7) is 0. The Balaban J connectivity index is 3.57. The summed E-state index contributed by atoms with van der Waals surface area (Å²) in [5, 5.41) is 3.62. The van der Waals surface area contributed by atoms with E-state index in [-0.39, 0.29) is 20.7 Å². The average molecular weight is 369 g/mol. The number of rotatable bonds is 2. The molecule has 0 N–H and O–H groups in total. The van der Waals surface area contributed by atoms with Crippen molar-refractivity contribution >= 4 is 55.1 Å². The number of benzene rings is 1. The summed E-state index contributed by atoms with van der Waals surface area (Å²) in [4.78, 5) is 14.1. The van der Waals surface area contributed by atoms with Gasteiger partial charge in [-0.2, -0.15) is 0 Å². The van der Waals surface area contributed by atoms with Gasteiger partial charge in [-0.3, -0.25) is 0 Å². The Morgan fingerprint density at radius 1 is 1.62 bits per heavy atom. The molecule has 0 saturated carbocycles. The molecule has 8 heteroatoms. The standard InChI is InChI=1S/C8H4Br2ClN3O2/c1-16-8(15)5-3(9)2-4(11)7(6(5)10)13-14-12/h2H,1H3. The van der Waals surface area contributed by atoms with Gasteiger partial charge in [0.1, 0.15) is 0 Å². The molecule has 84 valence electrons. The number of esters is 1. The van der Waals surface area contributed by atoms with E-state index in [0.717, 1.165) is 0 Å². The van der Waals surface area contributed by atoms with Gasteiger partial charge in [0.2, 0.25) is 0 Å². The Kier molecular flexibility index (Phi) is 4.61. The minimum Gasteiger partial charge on any atom is -0.465 e. The van der Waals surface area contributed by atoms with Crippen LogP contribution in [0.5, 0.6) is 0 Å². The van der Waals surface area contributed by atoms with Crippen molar-refractivity contribution in [2.45, 2.75) is 0 Å². The molecule has 16 heavy (non-hydrogen) atoms. The van der Waals surface area contributed by atoms with Crippen molar-refractivity contribution in [3.8, 4) is 0 Å². The zero-order chi connectivity index (χ0) is 12.3. The molecule has 1 aromatic carbocycles. The smallest absolute Gasteiger partial charge is 0.340 e. The summed E-state index contributed by atoms with van der Waals surface area (Å²) in [7, 11) is 1.25. The van der Waals surface area contributed by atoms with Crippen LogP contribution in [0.3, 0.4) is 0 Å². The molecule has 0 aliphatic carbocycles. The van der Waals surface area contributed by atoms with E-state index in [1.807, 2.05) is 0 Å². The summed E-state index contributed by atoms with van der Waals surface area (Å²) in [6, 6.07) is 1.46. The summed E-state index contributed by atoms with van der Waals surface area (Å²) >= 11 is 12.2. The summed E-state index contributed by atoms with van der Waals surface area (Å²) < 4.78 is 5.33. The molecule has 5 nitrogen and oxygen atoms in total. The summed E-state index contributed by atoms with van der Waals surface area (Å²) in [6.07, 6.45) is 0. The molecule has 0 bridgehead atoms. The summed E-state index contributed by atoms with van der Waals surface area (Å²) in [5.41, 5.74) is 8.74. The van der Waals surface area contributed by atoms with Crippen LogP contribution in [-0.2, 0) is 4.74 Å². The first-order valence-electron chi connectivity index (χ1n) is 3.83. The highest BCUT2D eigenvalue weighted by atomic mass is 79.9. The maximum atomic E-state index is 11.5. The van der Waals surface area contributed by atoms with Crippen molar-refractivity contribution in [1.29, 1.82) is 0 Å². The first kappa shape index (κ1) is 13.3. The molecule has 1 rings (SSSR count). The third-order valence-corrected chi connectivity index (χ3v) is 3.37. The van der Waals surface area contributed by atoms with Gasteiger partial charge in [0.15, 0.2) is 0 Å². The first-order valence-corrected chi connectivity index (χ1v) is 5.80. The molecule has 0 aliphatic heterocycles. The topological polar surface area (TPSA) is 75.1 Å². The number of hydrogen-bond acceptors (Lipinski definition) is 3. The third kappa shape index (κ3) is 2.49. The number of nitrogens with zero attached hydrogens (tertiary/aromatic N) is 3. The van der Waals surface area contributed by atoms with Crippen LogP contribution in [-0.4, -0.2) is 13.1 Å². The first-order chi connectivity index (χ1) is 7.52. The molecule has 0 aliphatic rings. The Labute approximate surface area is 113 Å². The van der Waals surface area contributed by atoms with Crippen molar-refractivity contribution < 1.29 is 9.53 Å². The molecule has 1 aromatic rings. The highest BCUT2D eigenvalue weighted by Gasteiger charge is 2.19. The second kappa shape index (κ2) is 5.54. The van der Waals surface area contributed by atoms with Crippen molar-refractivity contribution in [3.05, 3.63) is 36.0 Å². The van der Waals surface area contributed by atoms with Crippen LogP contribution in [0.25, 0.3) is 10.4 Å². The number of hydrogen-bond donors (Lipinski definition) is 0. The molecule has 0 amide bonds. The number of halogens is 3. The zero-order valence-electron chi connectivity index (χ0n) is 7.87. The van der Waals surface area contributed by atoms with Gasteiger partial charge in [0.05, 0.1) is 23.4 Å². The highest BCUT2D eigenvalue weighted by molar-refractivity contribution is 9.11. The molecule has 0 heterocycles. The minimum absolute atomic E-state index is 0.146. The van der Waals surface area contributed by atoms with Gasteiger partial charge in [-0.1, -0.05) is 16.7 Å². The summed E-state index contributed by atoms with van der Waals surface area (Å²) in [5.74, 6) is -0.565. The molecule has 0 spiro atoms.